The molecular weight excluding hydrogens is 277 g/mol. The van der Waals surface area contributed by atoms with Crippen LogP contribution >= 0.6 is 0 Å². The zero-order chi connectivity index (χ0) is 15.0. The third-order valence-electron chi connectivity index (χ3n) is 4.16. The lowest BCUT2D eigenvalue weighted by molar-refractivity contribution is 0.0777. The minimum absolute atomic E-state index is 0.0268. The Labute approximate surface area is 120 Å². The molecule has 4 N–H and O–H groups in total. The number of nitrogens with zero attached hydrogens (tertiary/aromatic N) is 4. The number of hydrogen-bond acceptors (Lipinski definition) is 6. The number of aliphatic hydroxyl groups excluding tert-OH is 2. The van der Waals surface area contributed by atoms with Crippen LogP contribution in [0.15, 0.2) is 24.6 Å². The maximum atomic E-state index is 13.2. The molecule has 1 aliphatic rings. The molecule has 0 spiro atoms. The van der Waals surface area contributed by atoms with E-state index in [0.717, 1.165) is 0 Å². The van der Waals surface area contributed by atoms with Gasteiger partial charge in [-0.1, -0.05) is 0 Å². The van der Waals surface area contributed by atoms with Gasteiger partial charge in [0.2, 0.25) is 0 Å². The lowest BCUT2D eigenvalue weighted by Gasteiger charge is -2.46. The van der Waals surface area contributed by atoms with Gasteiger partial charge in [0.25, 0.3) is 0 Å². The Morgan fingerprint density at radius 2 is 2.14 bits per heavy atom. The monoisotopic (exact) mass is 293 g/mol. The average Bonchev–Trinajstić information content (AvgIpc) is 2.89. The molecule has 0 aliphatic heterocycles. The van der Waals surface area contributed by atoms with Gasteiger partial charge in [0.15, 0.2) is 11.5 Å². The number of hydrogen-bond donors (Lipinski definition) is 3. The zero-order valence-electron chi connectivity index (χ0n) is 11.2. The second-order valence-electron chi connectivity index (χ2n) is 5.10. The standard InChI is InChI=1S/C13H16FN5O2/c14-3-8-9(4-21)7(1-2-20)11(8)19-6-18-10-12(15)16-5-17-13(10)19/h3,5-7,9,11,20-21H,1-2,4H2,(H2,15,16,17)/b8-3-/t7-,9-,11?/m1/s1. The van der Waals surface area contributed by atoms with Gasteiger partial charge in [0.05, 0.1) is 25.3 Å². The van der Waals surface area contributed by atoms with E-state index in [2.05, 4.69) is 15.0 Å². The van der Waals surface area contributed by atoms with Crippen molar-refractivity contribution in [3.8, 4) is 0 Å². The van der Waals surface area contributed by atoms with Crippen LogP contribution in [0.4, 0.5) is 10.2 Å². The summed E-state index contributed by atoms with van der Waals surface area (Å²) in [7, 11) is 0. The maximum Gasteiger partial charge on any atom is 0.165 e. The van der Waals surface area contributed by atoms with Gasteiger partial charge in [-0.3, -0.25) is 0 Å². The number of nitrogen functional groups attached to an aromatic ring is 1. The molecule has 1 unspecified atom stereocenters. The van der Waals surface area contributed by atoms with Gasteiger partial charge in [-0.05, 0) is 17.9 Å². The summed E-state index contributed by atoms with van der Waals surface area (Å²) in [6.07, 6.45) is 3.86. The minimum Gasteiger partial charge on any atom is -0.396 e. The second kappa shape index (κ2) is 5.38. The van der Waals surface area contributed by atoms with Crippen LogP contribution < -0.4 is 5.73 Å². The van der Waals surface area contributed by atoms with Crippen molar-refractivity contribution in [1.82, 2.24) is 19.5 Å². The number of imidazole rings is 1. The van der Waals surface area contributed by atoms with E-state index in [4.69, 9.17) is 5.73 Å². The molecule has 0 aromatic carbocycles. The second-order valence-corrected chi connectivity index (χ2v) is 5.10. The number of anilines is 1. The third-order valence-corrected chi connectivity index (χ3v) is 4.16. The molecule has 2 aromatic rings. The van der Waals surface area contributed by atoms with Gasteiger partial charge < -0.3 is 20.5 Å². The van der Waals surface area contributed by atoms with E-state index in [1.165, 1.54) is 6.33 Å². The molecule has 3 atom stereocenters. The highest BCUT2D eigenvalue weighted by Gasteiger charge is 2.46. The normalized spacial score (nSPS) is 27.2. The Hall–Kier alpha value is -2.06. The number of halogens is 1. The van der Waals surface area contributed by atoms with Crippen LogP contribution in [0.5, 0.6) is 0 Å². The maximum absolute atomic E-state index is 13.2. The van der Waals surface area contributed by atoms with Crippen LogP contribution in [0, 0.1) is 11.8 Å². The number of aromatic nitrogens is 4. The van der Waals surface area contributed by atoms with Crippen molar-refractivity contribution in [3.63, 3.8) is 0 Å². The van der Waals surface area contributed by atoms with Crippen molar-refractivity contribution in [2.24, 2.45) is 11.8 Å². The fourth-order valence-electron chi connectivity index (χ4n) is 3.15. The third kappa shape index (κ3) is 1.98. The topological polar surface area (TPSA) is 110 Å². The fraction of sp³-hybridized carbons (Fsp3) is 0.462. The molecule has 1 aliphatic carbocycles. The van der Waals surface area contributed by atoms with E-state index in [-0.39, 0.29) is 36.9 Å². The predicted octanol–water partition coefficient (Wildman–Crippen LogP) is 0.424. The quantitative estimate of drug-likeness (QED) is 0.753. The molecule has 1 fully saturated rings. The summed E-state index contributed by atoms with van der Waals surface area (Å²) in [5, 5.41) is 18.6. The highest BCUT2D eigenvalue weighted by Crippen LogP contribution is 2.51. The van der Waals surface area contributed by atoms with Gasteiger partial charge in [0.1, 0.15) is 11.8 Å². The van der Waals surface area contributed by atoms with Crippen LogP contribution in [0.25, 0.3) is 11.2 Å². The molecule has 2 heterocycles. The molecule has 0 bridgehead atoms. The zero-order valence-corrected chi connectivity index (χ0v) is 11.2. The number of rotatable bonds is 4. The van der Waals surface area contributed by atoms with E-state index in [1.807, 2.05) is 0 Å². The summed E-state index contributed by atoms with van der Waals surface area (Å²) < 4.78 is 14.9. The van der Waals surface area contributed by atoms with Gasteiger partial charge in [-0.25, -0.2) is 19.3 Å². The van der Waals surface area contributed by atoms with Crippen molar-refractivity contribution >= 4 is 17.0 Å². The Bertz CT molecular complexity index is 686. The summed E-state index contributed by atoms with van der Waals surface area (Å²) >= 11 is 0. The van der Waals surface area contributed by atoms with E-state index < -0.39 is 0 Å². The van der Waals surface area contributed by atoms with E-state index in [1.54, 1.807) is 10.9 Å². The molecule has 3 rings (SSSR count). The molecule has 0 radical (unpaired) electrons. The first-order chi connectivity index (χ1) is 10.2. The molecule has 112 valence electrons. The van der Waals surface area contributed by atoms with Crippen LogP contribution in [-0.2, 0) is 0 Å². The predicted molar refractivity (Wildman–Crippen MR) is 73.7 cm³/mol. The van der Waals surface area contributed by atoms with E-state index in [0.29, 0.717) is 29.5 Å². The SMILES string of the molecule is Nc1ncnc2c1ncn2C1/C(=C\F)[C@H](CO)[C@H]1CCO. The molecule has 8 heteroatoms. The molecular formula is C13H16FN5O2. The van der Waals surface area contributed by atoms with Crippen molar-refractivity contribution < 1.29 is 14.6 Å². The van der Waals surface area contributed by atoms with Gasteiger partial charge in [0, 0.05) is 12.5 Å². The largest absolute Gasteiger partial charge is 0.396 e. The first-order valence-electron chi connectivity index (χ1n) is 6.67. The van der Waals surface area contributed by atoms with Crippen LogP contribution in [0.2, 0.25) is 0 Å². The summed E-state index contributed by atoms with van der Waals surface area (Å²) in [5.74, 6) is -0.0966. The van der Waals surface area contributed by atoms with Gasteiger partial charge >= 0.3 is 0 Å². The molecule has 0 saturated heterocycles. The fourth-order valence-corrected chi connectivity index (χ4v) is 3.15. The number of aliphatic hydroxyl groups is 2. The molecule has 7 nitrogen and oxygen atoms in total. The van der Waals surface area contributed by atoms with Crippen molar-refractivity contribution in [3.05, 3.63) is 24.6 Å². The van der Waals surface area contributed by atoms with Crippen molar-refractivity contribution in [2.75, 3.05) is 18.9 Å². The highest BCUT2D eigenvalue weighted by molar-refractivity contribution is 5.81. The van der Waals surface area contributed by atoms with Crippen molar-refractivity contribution in [2.45, 2.75) is 12.5 Å². The average molecular weight is 293 g/mol. The van der Waals surface area contributed by atoms with Gasteiger partial charge in [-0.15, -0.1) is 0 Å². The Morgan fingerprint density at radius 3 is 2.81 bits per heavy atom. The molecule has 1 saturated carbocycles. The number of fused-ring (bicyclic) bond motifs is 1. The minimum atomic E-state index is -0.321. The van der Waals surface area contributed by atoms with E-state index in [9.17, 15) is 14.6 Å². The molecule has 21 heavy (non-hydrogen) atoms. The Balaban J connectivity index is 2.06. The van der Waals surface area contributed by atoms with Crippen LogP contribution in [-0.4, -0.2) is 42.9 Å². The first kappa shape index (κ1) is 13.9. The molecule has 0 amide bonds. The van der Waals surface area contributed by atoms with E-state index >= 15 is 0 Å². The first-order valence-corrected chi connectivity index (χ1v) is 6.67. The smallest absolute Gasteiger partial charge is 0.165 e. The summed E-state index contributed by atoms with van der Waals surface area (Å²) in [4.78, 5) is 12.2. The summed E-state index contributed by atoms with van der Waals surface area (Å²) in [6.45, 7) is -0.179. The molecule has 2 aromatic heterocycles. The lowest BCUT2D eigenvalue weighted by atomic mass is 9.64. The summed E-state index contributed by atoms with van der Waals surface area (Å²) in [6, 6.07) is -0.321. The Kier molecular flexibility index (Phi) is 3.56. The highest BCUT2D eigenvalue weighted by atomic mass is 19.1. The lowest BCUT2D eigenvalue weighted by Crippen LogP contribution is -2.43. The van der Waals surface area contributed by atoms with Crippen molar-refractivity contribution in [1.29, 1.82) is 0 Å². The Morgan fingerprint density at radius 1 is 1.33 bits per heavy atom. The van der Waals surface area contributed by atoms with Crippen LogP contribution in [0.1, 0.15) is 12.5 Å². The van der Waals surface area contributed by atoms with Crippen LogP contribution in [0.3, 0.4) is 0 Å². The van der Waals surface area contributed by atoms with Gasteiger partial charge in [-0.2, -0.15) is 0 Å². The number of nitrogens with two attached hydrogens (primary N) is 1. The summed E-state index contributed by atoms with van der Waals surface area (Å²) in [5.41, 5.74) is 7.21.